The molecule has 0 bridgehead atoms. The fourth-order valence-electron chi connectivity index (χ4n) is 2.73. The molecule has 1 heterocycles. The summed E-state index contributed by atoms with van der Waals surface area (Å²) in [6, 6.07) is -0.545. The first-order chi connectivity index (χ1) is 10.1. The minimum atomic E-state index is -1.20. The summed E-state index contributed by atoms with van der Waals surface area (Å²) in [5.74, 6) is 0. The van der Waals surface area contributed by atoms with E-state index in [1.165, 1.54) is 25.7 Å². The summed E-state index contributed by atoms with van der Waals surface area (Å²) in [5.41, 5.74) is 0. The van der Waals surface area contributed by atoms with Crippen molar-refractivity contribution in [2.45, 2.75) is 63.4 Å². The zero-order chi connectivity index (χ0) is 15.7. The van der Waals surface area contributed by atoms with Gasteiger partial charge in [-0.25, -0.2) is 0 Å². The lowest BCUT2D eigenvalue weighted by atomic mass is 9.94. The third-order valence-corrected chi connectivity index (χ3v) is 4.13. The quantitative estimate of drug-likeness (QED) is 0.415. The SMILES string of the molecule is CCCCCCCOCCN1CC(O)C(O)C(O)C1CO. The third-order valence-electron chi connectivity index (χ3n) is 4.13. The number of ether oxygens (including phenoxy) is 1. The zero-order valence-corrected chi connectivity index (χ0v) is 13.0. The van der Waals surface area contributed by atoms with Gasteiger partial charge in [-0.05, 0) is 6.42 Å². The first kappa shape index (κ1) is 18.8. The van der Waals surface area contributed by atoms with E-state index in [9.17, 15) is 20.4 Å². The van der Waals surface area contributed by atoms with E-state index in [2.05, 4.69) is 6.92 Å². The highest BCUT2D eigenvalue weighted by Gasteiger charge is 2.40. The van der Waals surface area contributed by atoms with Gasteiger partial charge in [0.2, 0.25) is 0 Å². The average molecular weight is 305 g/mol. The smallest absolute Gasteiger partial charge is 0.109 e. The molecule has 0 spiro atoms. The third kappa shape index (κ3) is 6.18. The Morgan fingerprint density at radius 2 is 1.71 bits per heavy atom. The lowest BCUT2D eigenvalue weighted by Crippen LogP contribution is -2.62. The van der Waals surface area contributed by atoms with Crippen LogP contribution in [0, 0.1) is 0 Å². The van der Waals surface area contributed by atoms with E-state index in [0.29, 0.717) is 13.2 Å². The first-order valence-electron chi connectivity index (χ1n) is 8.08. The molecule has 6 nitrogen and oxygen atoms in total. The second kappa shape index (κ2) is 10.5. The number of hydrogen-bond acceptors (Lipinski definition) is 6. The van der Waals surface area contributed by atoms with Crippen molar-refractivity contribution in [3.63, 3.8) is 0 Å². The van der Waals surface area contributed by atoms with E-state index in [0.717, 1.165) is 13.0 Å². The predicted molar refractivity (Wildman–Crippen MR) is 80.0 cm³/mol. The van der Waals surface area contributed by atoms with Gasteiger partial charge in [-0.1, -0.05) is 32.6 Å². The number of unbranched alkanes of at least 4 members (excludes halogenated alkanes) is 4. The van der Waals surface area contributed by atoms with Crippen molar-refractivity contribution < 1.29 is 25.2 Å². The fraction of sp³-hybridized carbons (Fsp3) is 1.00. The molecule has 0 amide bonds. The maximum Gasteiger partial charge on any atom is 0.109 e. The highest BCUT2D eigenvalue weighted by molar-refractivity contribution is 4.93. The number of β-amino-alcohol motifs (C(OH)–C–C–N with tert-alkyl or cyclic N) is 1. The second-order valence-electron chi connectivity index (χ2n) is 5.82. The molecule has 0 aliphatic carbocycles. The maximum absolute atomic E-state index is 9.85. The molecule has 1 fully saturated rings. The molecule has 1 rings (SSSR count). The summed E-state index contributed by atoms with van der Waals surface area (Å²) in [4.78, 5) is 1.78. The number of aliphatic hydroxyl groups excluding tert-OH is 4. The minimum Gasteiger partial charge on any atom is -0.395 e. The summed E-state index contributed by atoms with van der Waals surface area (Å²) in [5, 5.41) is 38.5. The van der Waals surface area contributed by atoms with E-state index in [-0.39, 0.29) is 13.2 Å². The molecule has 0 radical (unpaired) electrons. The Bertz CT molecular complexity index is 266. The van der Waals surface area contributed by atoms with Crippen molar-refractivity contribution in [3.05, 3.63) is 0 Å². The molecular formula is C15H31NO5. The number of aliphatic hydroxyl groups is 4. The van der Waals surface area contributed by atoms with Crippen LogP contribution >= 0.6 is 0 Å². The van der Waals surface area contributed by atoms with Crippen LogP contribution in [0.5, 0.6) is 0 Å². The highest BCUT2D eigenvalue weighted by Crippen LogP contribution is 2.18. The lowest BCUT2D eigenvalue weighted by Gasteiger charge is -2.43. The molecule has 4 N–H and O–H groups in total. The summed E-state index contributed by atoms with van der Waals surface area (Å²) in [7, 11) is 0. The van der Waals surface area contributed by atoms with Crippen LogP contribution < -0.4 is 0 Å². The molecule has 6 heteroatoms. The van der Waals surface area contributed by atoms with Crippen molar-refractivity contribution in [1.29, 1.82) is 0 Å². The molecule has 21 heavy (non-hydrogen) atoms. The Hall–Kier alpha value is -0.240. The van der Waals surface area contributed by atoms with E-state index in [1.807, 2.05) is 0 Å². The Balaban J connectivity index is 2.18. The summed E-state index contributed by atoms with van der Waals surface area (Å²) in [6.45, 7) is 3.92. The Labute approximate surface area is 127 Å². The number of hydrogen-bond donors (Lipinski definition) is 4. The maximum atomic E-state index is 9.85. The monoisotopic (exact) mass is 305 g/mol. The highest BCUT2D eigenvalue weighted by atomic mass is 16.5. The first-order valence-corrected chi connectivity index (χ1v) is 8.08. The van der Waals surface area contributed by atoms with Crippen molar-refractivity contribution in [2.75, 3.05) is 32.9 Å². The van der Waals surface area contributed by atoms with Crippen molar-refractivity contribution >= 4 is 0 Å². The van der Waals surface area contributed by atoms with Gasteiger partial charge in [0.15, 0.2) is 0 Å². The minimum absolute atomic E-state index is 0.239. The van der Waals surface area contributed by atoms with E-state index >= 15 is 0 Å². The van der Waals surface area contributed by atoms with Gasteiger partial charge < -0.3 is 25.2 Å². The van der Waals surface area contributed by atoms with Gasteiger partial charge in [-0.2, -0.15) is 0 Å². The molecule has 0 aromatic rings. The van der Waals surface area contributed by atoms with Crippen molar-refractivity contribution in [2.24, 2.45) is 0 Å². The molecule has 0 saturated carbocycles. The molecule has 1 aliphatic rings. The topological polar surface area (TPSA) is 93.4 Å². The van der Waals surface area contributed by atoms with Crippen molar-refractivity contribution in [3.8, 4) is 0 Å². The summed E-state index contributed by atoms with van der Waals surface area (Å²) in [6.07, 6.45) is 2.66. The Morgan fingerprint density at radius 3 is 2.38 bits per heavy atom. The summed E-state index contributed by atoms with van der Waals surface area (Å²) < 4.78 is 5.56. The van der Waals surface area contributed by atoms with Crippen LogP contribution in [-0.2, 0) is 4.74 Å². The normalized spacial score (nSPS) is 30.7. The van der Waals surface area contributed by atoms with Crippen LogP contribution in [0.4, 0.5) is 0 Å². The zero-order valence-electron chi connectivity index (χ0n) is 13.0. The number of nitrogens with zero attached hydrogens (tertiary/aromatic N) is 1. The molecule has 4 unspecified atom stereocenters. The van der Waals surface area contributed by atoms with Gasteiger partial charge in [0, 0.05) is 19.7 Å². The van der Waals surface area contributed by atoms with Crippen LogP contribution in [0.15, 0.2) is 0 Å². The predicted octanol–water partition coefficient (Wildman–Crippen LogP) is -0.267. The van der Waals surface area contributed by atoms with Crippen LogP contribution in [0.1, 0.15) is 39.0 Å². The van der Waals surface area contributed by atoms with E-state index < -0.39 is 24.4 Å². The van der Waals surface area contributed by atoms with Gasteiger partial charge in [0.25, 0.3) is 0 Å². The van der Waals surface area contributed by atoms with Gasteiger partial charge in [-0.15, -0.1) is 0 Å². The number of rotatable bonds is 10. The molecule has 4 atom stereocenters. The molecule has 0 aromatic heterocycles. The molecule has 0 aromatic carbocycles. The Morgan fingerprint density at radius 1 is 1.00 bits per heavy atom. The van der Waals surface area contributed by atoms with Gasteiger partial charge in [0.1, 0.15) is 12.2 Å². The average Bonchev–Trinajstić information content (AvgIpc) is 2.48. The Kier molecular flexibility index (Phi) is 9.39. The van der Waals surface area contributed by atoms with E-state index in [1.54, 1.807) is 4.90 Å². The largest absolute Gasteiger partial charge is 0.395 e. The number of piperidine rings is 1. The van der Waals surface area contributed by atoms with Crippen LogP contribution in [0.2, 0.25) is 0 Å². The van der Waals surface area contributed by atoms with Gasteiger partial charge in [0.05, 0.1) is 25.4 Å². The molecule has 126 valence electrons. The molecular weight excluding hydrogens is 274 g/mol. The molecule has 1 saturated heterocycles. The fourth-order valence-corrected chi connectivity index (χ4v) is 2.73. The van der Waals surface area contributed by atoms with Crippen LogP contribution in [-0.4, -0.2) is 82.6 Å². The number of likely N-dealkylation sites (tertiary alicyclic amines) is 1. The van der Waals surface area contributed by atoms with Gasteiger partial charge in [-0.3, -0.25) is 4.90 Å². The lowest BCUT2D eigenvalue weighted by molar-refractivity contribution is -0.147. The second-order valence-corrected chi connectivity index (χ2v) is 5.82. The van der Waals surface area contributed by atoms with Crippen LogP contribution in [0.25, 0.3) is 0 Å². The molecule has 1 aliphatic heterocycles. The standard InChI is InChI=1S/C15H31NO5/c1-2-3-4-5-6-8-21-9-7-16-10-13(18)15(20)14(19)12(16)11-17/h12-15,17-20H,2-11H2,1H3. The van der Waals surface area contributed by atoms with Crippen LogP contribution in [0.3, 0.4) is 0 Å². The van der Waals surface area contributed by atoms with Crippen molar-refractivity contribution in [1.82, 2.24) is 4.90 Å². The van der Waals surface area contributed by atoms with Gasteiger partial charge >= 0.3 is 0 Å². The summed E-state index contributed by atoms with van der Waals surface area (Å²) >= 11 is 0. The van der Waals surface area contributed by atoms with E-state index in [4.69, 9.17) is 4.74 Å².